The van der Waals surface area contributed by atoms with Crippen LogP contribution in [0.5, 0.6) is 0 Å². The fourth-order valence-corrected chi connectivity index (χ4v) is 2.94. The van der Waals surface area contributed by atoms with E-state index < -0.39 is 23.8 Å². The Morgan fingerprint density at radius 1 is 1.12 bits per heavy atom. The maximum atomic E-state index is 12.4. The van der Waals surface area contributed by atoms with Gasteiger partial charge in [0.1, 0.15) is 0 Å². The summed E-state index contributed by atoms with van der Waals surface area (Å²) >= 11 is 4.20. The second-order valence-electron chi connectivity index (χ2n) is 6.58. The summed E-state index contributed by atoms with van der Waals surface area (Å²) in [6.07, 6.45) is 1.84. The quantitative estimate of drug-likeness (QED) is 0.440. The van der Waals surface area contributed by atoms with Gasteiger partial charge in [0.15, 0.2) is 0 Å². The zero-order chi connectivity index (χ0) is 18.2. The third-order valence-corrected chi connectivity index (χ3v) is 5.31. The van der Waals surface area contributed by atoms with Crippen LogP contribution in [0, 0.1) is 0 Å². The van der Waals surface area contributed by atoms with Gasteiger partial charge in [-0.05, 0) is 62.6 Å². The van der Waals surface area contributed by atoms with E-state index in [2.05, 4.69) is 12.6 Å². The number of hydrogen-bond donors (Lipinski definition) is 1. The lowest BCUT2D eigenvalue weighted by Crippen LogP contribution is -2.41. The molecule has 0 N–H and O–H groups in total. The van der Waals surface area contributed by atoms with E-state index in [0.29, 0.717) is 5.75 Å². The van der Waals surface area contributed by atoms with E-state index in [0.717, 1.165) is 11.0 Å². The van der Waals surface area contributed by atoms with Crippen LogP contribution in [-0.4, -0.2) is 29.6 Å². The fourth-order valence-electron chi connectivity index (χ4n) is 2.16. The number of benzene rings is 1. The summed E-state index contributed by atoms with van der Waals surface area (Å²) in [6.45, 7) is 7.86. The summed E-state index contributed by atoms with van der Waals surface area (Å²) < 4.78 is 49.1. The highest BCUT2D eigenvalue weighted by Crippen LogP contribution is 2.39. The van der Waals surface area contributed by atoms with Crippen LogP contribution in [0.3, 0.4) is 0 Å². The van der Waals surface area contributed by atoms with Gasteiger partial charge in [-0.1, -0.05) is 18.2 Å². The normalized spacial score (nSPS) is 20.5. The van der Waals surface area contributed by atoms with Gasteiger partial charge in [-0.25, -0.2) is 0 Å². The highest BCUT2D eigenvalue weighted by Gasteiger charge is 2.52. The minimum absolute atomic E-state index is 0.126. The molecule has 2 rings (SSSR count). The number of halogens is 3. The van der Waals surface area contributed by atoms with Crippen LogP contribution < -0.4 is 0 Å². The largest absolute Gasteiger partial charge is 0.491 e. The van der Waals surface area contributed by atoms with Gasteiger partial charge in [-0.3, -0.25) is 0 Å². The smallest absolute Gasteiger partial charge is 0.400 e. The molecule has 0 aliphatic carbocycles. The van der Waals surface area contributed by atoms with Crippen LogP contribution in [0.1, 0.15) is 33.3 Å². The van der Waals surface area contributed by atoms with E-state index in [1.165, 1.54) is 12.1 Å². The first-order valence-corrected chi connectivity index (χ1v) is 8.91. The second kappa shape index (κ2) is 6.98. The molecule has 1 fully saturated rings. The van der Waals surface area contributed by atoms with E-state index in [9.17, 15) is 13.2 Å². The van der Waals surface area contributed by atoms with Crippen LogP contribution >= 0.6 is 24.4 Å². The van der Waals surface area contributed by atoms with Crippen molar-refractivity contribution in [3.8, 4) is 0 Å². The zero-order valence-corrected chi connectivity index (χ0v) is 15.7. The predicted octanol–water partition coefficient (Wildman–Crippen LogP) is 5.24. The molecule has 1 heterocycles. The molecule has 0 unspecified atom stereocenters. The Morgan fingerprint density at radius 2 is 1.62 bits per heavy atom. The molecule has 132 valence electrons. The van der Waals surface area contributed by atoms with E-state index in [-0.39, 0.29) is 16.7 Å². The van der Waals surface area contributed by atoms with Crippen molar-refractivity contribution in [2.24, 2.45) is 0 Å². The van der Waals surface area contributed by atoms with Gasteiger partial charge >= 0.3 is 12.6 Å². The highest BCUT2D eigenvalue weighted by molar-refractivity contribution is 8.00. The highest BCUT2D eigenvalue weighted by atomic mass is 32.2. The molecule has 24 heavy (non-hydrogen) atoms. The summed E-state index contributed by atoms with van der Waals surface area (Å²) in [5.74, 6) is 0.426. The first-order chi connectivity index (χ1) is 10.9. The Balaban J connectivity index is 2.17. The number of thiol groups is 1. The van der Waals surface area contributed by atoms with Crippen molar-refractivity contribution >= 4 is 37.6 Å². The van der Waals surface area contributed by atoms with E-state index in [1.807, 2.05) is 33.8 Å². The van der Waals surface area contributed by atoms with Gasteiger partial charge < -0.3 is 9.31 Å². The molecule has 0 amide bonds. The average Bonchev–Trinajstić information content (AvgIpc) is 2.64. The van der Waals surface area contributed by atoms with Gasteiger partial charge in [-0.2, -0.15) is 25.8 Å². The molecular formula is C16H20BF3O2S2. The molecule has 0 radical (unpaired) electrons. The van der Waals surface area contributed by atoms with Crippen LogP contribution in [0.4, 0.5) is 13.2 Å². The van der Waals surface area contributed by atoms with E-state index >= 15 is 0 Å². The summed E-state index contributed by atoms with van der Waals surface area (Å²) in [5, 5.41) is 0. The number of hydrogen-bond acceptors (Lipinski definition) is 4. The standard InChI is InChI=1S/C16H20BF3O2S2/c1-14(2)15(3,4)22-17(21-14)12(10-23)9-11-5-7-13(8-6-11)24-16(18,19)20/h5-9,23H,10H2,1-4H3. The van der Waals surface area contributed by atoms with Crippen LogP contribution in [0.25, 0.3) is 6.08 Å². The monoisotopic (exact) mass is 376 g/mol. The van der Waals surface area contributed by atoms with E-state index in [1.54, 1.807) is 12.1 Å². The van der Waals surface area contributed by atoms with Gasteiger partial charge in [-0.15, -0.1) is 0 Å². The van der Waals surface area contributed by atoms with Crippen LogP contribution in [-0.2, 0) is 9.31 Å². The van der Waals surface area contributed by atoms with Crippen molar-refractivity contribution in [1.82, 2.24) is 0 Å². The molecule has 1 aromatic carbocycles. The first kappa shape index (κ1) is 19.8. The Hall–Kier alpha value is -0.565. The molecule has 1 aliphatic heterocycles. The number of rotatable bonds is 4. The Bertz CT molecular complexity index is 597. The topological polar surface area (TPSA) is 18.5 Å². The molecule has 0 spiro atoms. The molecule has 8 heteroatoms. The molecule has 0 saturated carbocycles. The summed E-state index contributed by atoms with van der Waals surface area (Å²) in [7, 11) is -0.517. The predicted molar refractivity (Wildman–Crippen MR) is 96.3 cm³/mol. The lowest BCUT2D eigenvalue weighted by molar-refractivity contribution is -0.0328. The number of thioether (sulfide) groups is 1. The maximum absolute atomic E-state index is 12.4. The van der Waals surface area contributed by atoms with Crippen molar-refractivity contribution in [3.05, 3.63) is 35.3 Å². The van der Waals surface area contributed by atoms with Gasteiger partial charge in [0.25, 0.3) is 0 Å². The van der Waals surface area contributed by atoms with Gasteiger partial charge in [0, 0.05) is 10.6 Å². The minimum atomic E-state index is -4.28. The summed E-state index contributed by atoms with van der Waals surface area (Å²) in [6, 6.07) is 6.18. The summed E-state index contributed by atoms with van der Waals surface area (Å²) in [4.78, 5) is 0.155. The minimum Gasteiger partial charge on any atom is -0.400 e. The number of alkyl halides is 3. The molecule has 1 saturated heterocycles. The van der Waals surface area contributed by atoms with Crippen LogP contribution in [0.15, 0.2) is 34.6 Å². The SMILES string of the molecule is CC1(C)OB(C(=Cc2ccc(SC(F)(F)F)cc2)CS)OC1(C)C. The average molecular weight is 376 g/mol. The van der Waals surface area contributed by atoms with Crippen molar-refractivity contribution in [2.75, 3.05) is 5.75 Å². The van der Waals surface area contributed by atoms with Gasteiger partial charge in [0.2, 0.25) is 0 Å². The molecular weight excluding hydrogens is 356 g/mol. The Labute approximate surface area is 150 Å². The third kappa shape index (κ3) is 4.74. The van der Waals surface area contributed by atoms with Crippen molar-refractivity contribution < 1.29 is 22.5 Å². The molecule has 1 aromatic rings. The maximum Gasteiger partial charge on any atom is 0.491 e. The third-order valence-electron chi connectivity index (χ3n) is 4.20. The summed E-state index contributed by atoms with van der Waals surface area (Å²) in [5.41, 5.74) is -3.58. The fraction of sp³-hybridized carbons (Fsp3) is 0.500. The first-order valence-electron chi connectivity index (χ1n) is 7.46. The van der Waals surface area contributed by atoms with E-state index in [4.69, 9.17) is 9.31 Å². The Morgan fingerprint density at radius 3 is 2.04 bits per heavy atom. The second-order valence-corrected chi connectivity index (χ2v) is 8.04. The van der Waals surface area contributed by atoms with Gasteiger partial charge in [0.05, 0.1) is 11.2 Å². The molecule has 0 aromatic heterocycles. The zero-order valence-electron chi connectivity index (χ0n) is 14.0. The van der Waals surface area contributed by atoms with Crippen LogP contribution in [0.2, 0.25) is 0 Å². The lowest BCUT2D eigenvalue weighted by Gasteiger charge is -2.32. The lowest BCUT2D eigenvalue weighted by atomic mass is 9.78. The van der Waals surface area contributed by atoms with Crippen molar-refractivity contribution in [3.63, 3.8) is 0 Å². The molecule has 0 bridgehead atoms. The molecule has 2 nitrogen and oxygen atoms in total. The van der Waals surface area contributed by atoms with Crippen molar-refractivity contribution in [1.29, 1.82) is 0 Å². The Kier molecular flexibility index (Phi) is 5.74. The molecule has 0 atom stereocenters. The van der Waals surface area contributed by atoms with Crippen molar-refractivity contribution in [2.45, 2.75) is 49.3 Å². The molecule has 1 aliphatic rings.